The van der Waals surface area contributed by atoms with Gasteiger partial charge in [0.25, 0.3) is 0 Å². The van der Waals surface area contributed by atoms with Crippen LogP contribution >= 0.6 is 46.4 Å². The fourth-order valence-corrected chi connectivity index (χ4v) is 15.6. The summed E-state index contributed by atoms with van der Waals surface area (Å²) >= 11 is 23.4. The number of rotatable bonds is 11. The van der Waals surface area contributed by atoms with Crippen molar-refractivity contribution in [3.63, 3.8) is 0 Å². The number of aliphatic hydroxyl groups excluding tert-OH is 1. The molecule has 3 unspecified atom stereocenters. The average Bonchev–Trinajstić information content (AvgIpc) is 0.856. The molecule has 1 amide bonds. The van der Waals surface area contributed by atoms with Crippen LogP contribution < -0.4 is 25.3 Å². The van der Waals surface area contributed by atoms with Gasteiger partial charge in [-0.1, -0.05) is 90.5 Å². The molecular formula is C67H70Cl4F6N2O8. The van der Waals surface area contributed by atoms with Gasteiger partial charge in [0.2, 0.25) is 0 Å². The summed E-state index contributed by atoms with van der Waals surface area (Å²) in [5.74, 6) is -3.35. The van der Waals surface area contributed by atoms with E-state index >= 15 is 8.78 Å². The second kappa shape index (κ2) is 28.7. The molecule has 0 spiro atoms. The number of fused-ring (bicyclic) bond motifs is 9. The van der Waals surface area contributed by atoms with Gasteiger partial charge in [-0.25, -0.2) is 35.9 Å². The Bertz CT molecular complexity index is 3370. The molecule has 0 radical (unpaired) electrons. The standard InChI is InChI=1S/C23H24ClF2NO3.C22H20Cl2F2O3.C21H21ClF2O2.CH5N/c1-27-22(28)30-12-15-3-2-10-23(11-14-4-6-16(24)7-5-14)17(15)13-29-21-19(26)9-8-18(25)20(21)23;23-15-5-3-13(4-6-15)10-22-9-1-2-14(11-29-21(24)27)16(22)12-28-20-18(26)8-7-17(25)19(20)22;22-15-5-3-13(4-6-15)10-21-9-1-2-14(11-25)16(21)12-26-20-18(24)8-7-17(23)19(20)21;1-2/h4-9,15,17H,2-3,10-13H2,1H3,(H,27,28);3-8,14,16H,1-2,9-12H2;3-8,14,16,25H,1-2,9-12H2;2H2,1H3/t15-,17?,23-;14-,16?,22-;14-,16?,21-;/m000./s1. The lowest BCUT2D eigenvalue weighted by atomic mass is 9.55. The van der Waals surface area contributed by atoms with Crippen LogP contribution in [0.15, 0.2) is 109 Å². The number of aliphatic hydroxyl groups is 1. The van der Waals surface area contributed by atoms with Crippen LogP contribution in [0.5, 0.6) is 17.2 Å². The Morgan fingerprint density at radius 1 is 0.506 bits per heavy atom. The predicted octanol–water partition coefficient (Wildman–Crippen LogP) is 16.0. The minimum atomic E-state index is -0.867. The lowest BCUT2D eigenvalue weighted by Crippen LogP contribution is -2.52. The third kappa shape index (κ3) is 13.8. The van der Waals surface area contributed by atoms with Gasteiger partial charge in [0.1, 0.15) is 17.5 Å². The van der Waals surface area contributed by atoms with Crippen molar-refractivity contribution in [2.24, 2.45) is 41.2 Å². The van der Waals surface area contributed by atoms with E-state index in [4.69, 9.17) is 70.1 Å². The fourth-order valence-electron chi connectivity index (χ4n) is 15.2. The summed E-state index contributed by atoms with van der Waals surface area (Å²) in [5, 5.41) is 14.2. The Labute approximate surface area is 523 Å². The van der Waals surface area contributed by atoms with E-state index in [1.54, 1.807) is 24.3 Å². The first-order chi connectivity index (χ1) is 41.9. The quantitative estimate of drug-likeness (QED) is 0.0855. The SMILES string of the molecule is CN.CNC(=O)OC[C@@H]1CCC[C@@]2(Cc3ccc(Cl)cc3)c3c(F)ccc(F)c3OCC12.O=C(Cl)OC[C@@H]1CCC[C@@]2(Cc3ccc(Cl)cc3)c3c(F)ccc(F)c3OCC12.OC[C@@H]1CCC[C@@]2(Cc3ccc(Cl)cc3)c3c(F)ccc(F)c3OCC12. The minimum absolute atomic E-state index is 0.00748. The maximum absolute atomic E-state index is 15.2. The van der Waals surface area contributed by atoms with Crippen LogP contribution in [0.3, 0.4) is 0 Å². The van der Waals surface area contributed by atoms with Gasteiger partial charge in [-0.3, -0.25) is 0 Å². The van der Waals surface area contributed by atoms with E-state index in [0.29, 0.717) is 64.9 Å². The number of hydrogen-bond acceptors (Lipinski definition) is 9. The monoisotopic (exact) mass is 1280 g/mol. The van der Waals surface area contributed by atoms with Gasteiger partial charge in [-0.05, 0) is 160 Å². The number of carbonyl (C=O) groups excluding carboxylic acids is 2. The fraction of sp³-hybridized carbons (Fsp3) is 0.433. The molecule has 9 atom stereocenters. The number of halogens is 10. The van der Waals surface area contributed by atoms with E-state index in [-0.39, 0.29) is 91.4 Å². The van der Waals surface area contributed by atoms with Crippen LogP contribution in [-0.4, -0.2) is 70.4 Å². The van der Waals surface area contributed by atoms with Crippen molar-refractivity contribution in [3.05, 3.63) is 193 Å². The number of nitrogens with two attached hydrogens (primary N) is 1. The zero-order valence-corrected chi connectivity index (χ0v) is 51.3. The topological polar surface area (TPSA) is 139 Å². The summed E-state index contributed by atoms with van der Waals surface area (Å²) in [6.07, 6.45) is 8.23. The van der Waals surface area contributed by atoms with Crippen LogP contribution in [0.2, 0.25) is 15.1 Å². The molecule has 3 saturated carbocycles. The van der Waals surface area contributed by atoms with Crippen molar-refractivity contribution in [1.29, 1.82) is 0 Å². The van der Waals surface area contributed by atoms with Crippen LogP contribution in [0.4, 0.5) is 35.9 Å². The van der Waals surface area contributed by atoms with Crippen molar-refractivity contribution in [2.75, 3.05) is 53.7 Å². The first kappa shape index (κ1) is 65.6. The molecule has 4 N–H and O–H groups in total. The van der Waals surface area contributed by atoms with Gasteiger partial charge in [-0.2, -0.15) is 0 Å². The predicted molar refractivity (Wildman–Crippen MR) is 323 cm³/mol. The summed E-state index contributed by atoms with van der Waals surface area (Å²) in [7, 11) is 3.01. The summed E-state index contributed by atoms with van der Waals surface area (Å²) < 4.78 is 116. The molecule has 6 aliphatic rings. The molecule has 6 aromatic rings. The van der Waals surface area contributed by atoms with Crippen molar-refractivity contribution < 1.29 is 64.7 Å². The lowest BCUT2D eigenvalue weighted by Gasteiger charge is -2.51. The van der Waals surface area contributed by atoms with Crippen LogP contribution in [0.1, 0.15) is 91.2 Å². The first-order valence-corrected chi connectivity index (χ1v) is 30.8. The van der Waals surface area contributed by atoms with Crippen molar-refractivity contribution in [1.82, 2.24) is 5.32 Å². The highest BCUT2D eigenvalue weighted by molar-refractivity contribution is 6.61. The van der Waals surface area contributed by atoms with E-state index in [0.717, 1.165) is 85.9 Å². The normalized spacial score (nSPS) is 25.4. The van der Waals surface area contributed by atoms with Gasteiger partial charge in [0, 0.05) is 103 Å². The van der Waals surface area contributed by atoms with Crippen molar-refractivity contribution in [2.45, 2.75) is 93.3 Å². The molecule has 3 fully saturated rings. The van der Waals surface area contributed by atoms with E-state index in [1.807, 2.05) is 48.5 Å². The van der Waals surface area contributed by atoms with Crippen LogP contribution in [0.25, 0.3) is 0 Å². The summed E-state index contributed by atoms with van der Waals surface area (Å²) in [5.41, 5.74) is 5.64. The van der Waals surface area contributed by atoms with E-state index < -0.39 is 62.7 Å². The van der Waals surface area contributed by atoms with Crippen LogP contribution in [0, 0.1) is 70.4 Å². The molecule has 0 aromatic heterocycles. The lowest BCUT2D eigenvalue weighted by molar-refractivity contribution is 0.00323. The molecular weight excluding hydrogens is 1220 g/mol. The zero-order chi connectivity index (χ0) is 62.2. The van der Waals surface area contributed by atoms with Crippen molar-refractivity contribution >= 4 is 57.9 Å². The van der Waals surface area contributed by atoms with Crippen molar-refractivity contribution in [3.8, 4) is 17.2 Å². The van der Waals surface area contributed by atoms with Crippen LogP contribution in [-0.2, 0) is 45.0 Å². The minimum Gasteiger partial charge on any atom is -0.490 e. The second-order valence-electron chi connectivity index (χ2n) is 23.4. The number of hydrogen-bond donors (Lipinski definition) is 3. The number of nitrogens with one attached hydrogen (secondary N) is 1. The third-order valence-corrected chi connectivity index (χ3v) is 19.8. The molecule has 10 nitrogen and oxygen atoms in total. The Balaban J connectivity index is 0.000000154. The maximum atomic E-state index is 15.2. The van der Waals surface area contributed by atoms with E-state index in [1.165, 1.54) is 26.2 Å². The maximum Gasteiger partial charge on any atom is 0.406 e. The van der Waals surface area contributed by atoms with Gasteiger partial charge >= 0.3 is 11.5 Å². The second-order valence-corrected chi connectivity index (χ2v) is 25.0. The Morgan fingerprint density at radius 3 is 1.11 bits per heavy atom. The highest BCUT2D eigenvalue weighted by atomic mass is 35.5. The van der Waals surface area contributed by atoms with Gasteiger partial charge in [0.15, 0.2) is 34.7 Å². The number of carbonyl (C=O) groups is 2. The molecule has 6 aromatic carbocycles. The Hall–Kier alpha value is -5.88. The van der Waals surface area contributed by atoms with Gasteiger partial charge in [-0.15, -0.1) is 0 Å². The first-order valence-electron chi connectivity index (χ1n) is 29.3. The number of amides is 1. The average molecular weight is 1290 g/mol. The van der Waals surface area contributed by atoms with E-state index in [9.17, 15) is 32.3 Å². The molecule has 3 aliphatic heterocycles. The molecule has 87 heavy (non-hydrogen) atoms. The number of ether oxygens (including phenoxy) is 5. The third-order valence-electron chi connectivity index (χ3n) is 18.9. The molecule has 466 valence electrons. The van der Waals surface area contributed by atoms with Gasteiger partial charge in [0.05, 0.1) is 33.0 Å². The zero-order valence-electron chi connectivity index (χ0n) is 48.2. The molecule has 0 bridgehead atoms. The highest BCUT2D eigenvalue weighted by Gasteiger charge is 2.56. The largest absolute Gasteiger partial charge is 0.490 e. The molecule has 3 aliphatic carbocycles. The summed E-state index contributed by atoms with van der Waals surface area (Å²) in [4.78, 5) is 22.8. The summed E-state index contributed by atoms with van der Waals surface area (Å²) in [6, 6.07) is 29.2. The molecule has 0 saturated heterocycles. The van der Waals surface area contributed by atoms with E-state index in [2.05, 4.69) is 11.1 Å². The molecule has 20 heteroatoms. The highest BCUT2D eigenvalue weighted by Crippen LogP contribution is 2.58. The Kier molecular flexibility index (Phi) is 21.7. The molecule has 3 heterocycles. The number of alkyl carbamates (subject to hydrolysis) is 1. The van der Waals surface area contributed by atoms with Gasteiger partial charge < -0.3 is 39.8 Å². The molecule has 12 rings (SSSR count). The smallest absolute Gasteiger partial charge is 0.406 e. The number of benzene rings is 6. The summed E-state index contributed by atoms with van der Waals surface area (Å²) in [6.45, 7) is 1.15. The Morgan fingerprint density at radius 2 is 0.805 bits per heavy atom.